The predicted octanol–water partition coefficient (Wildman–Crippen LogP) is 2.80. The first kappa shape index (κ1) is 18.3. The van der Waals surface area contributed by atoms with Crippen LogP contribution in [0.2, 0.25) is 5.02 Å². The summed E-state index contributed by atoms with van der Waals surface area (Å²) in [4.78, 5) is 23.1. The molecular weight excluding hydrogens is 356 g/mol. The van der Waals surface area contributed by atoms with E-state index >= 15 is 0 Å². The molecule has 1 aliphatic rings. The Kier molecular flexibility index (Phi) is 5.18. The SMILES string of the molecule is Nc1ccc(=O)n(C2CCC(CNC(=O)O)(c3cccc(Cl)c3)CC2)n1. The number of aromatic nitrogens is 2. The summed E-state index contributed by atoms with van der Waals surface area (Å²) in [5.74, 6) is 0.309. The maximum atomic E-state index is 12.1. The summed E-state index contributed by atoms with van der Waals surface area (Å²) in [7, 11) is 0. The van der Waals surface area contributed by atoms with Gasteiger partial charge in [0.05, 0.1) is 6.04 Å². The molecule has 0 bridgehead atoms. The Morgan fingerprint density at radius 1 is 1.35 bits per heavy atom. The van der Waals surface area contributed by atoms with Gasteiger partial charge in [0.25, 0.3) is 5.56 Å². The molecule has 1 amide bonds. The van der Waals surface area contributed by atoms with E-state index in [1.165, 1.54) is 16.8 Å². The molecule has 26 heavy (non-hydrogen) atoms. The van der Waals surface area contributed by atoms with Gasteiger partial charge in [0, 0.05) is 23.0 Å². The number of carboxylic acid groups (broad SMARTS) is 1. The van der Waals surface area contributed by atoms with E-state index in [1.54, 1.807) is 6.07 Å². The van der Waals surface area contributed by atoms with E-state index in [9.17, 15) is 9.59 Å². The highest BCUT2D eigenvalue weighted by Gasteiger charge is 2.38. The lowest BCUT2D eigenvalue weighted by molar-refractivity contribution is 0.178. The fraction of sp³-hybridized carbons (Fsp3) is 0.389. The minimum atomic E-state index is -1.05. The van der Waals surface area contributed by atoms with Crippen LogP contribution >= 0.6 is 11.6 Å². The summed E-state index contributed by atoms with van der Waals surface area (Å²) in [6.07, 6.45) is 1.76. The van der Waals surface area contributed by atoms with Gasteiger partial charge in [-0.25, -0.2) is 9.48 Å². The molecule has 1 aromatic heterocycles. The van der Waals surface area contributed by atoms with Crippen molar-refractivity contribution in [2.75, 3.05) is 12.3 Å². The Morgan fingerprint density at radius 3 is 2.73 bits per heavy atom. The second-order valence-electron chi connectivity index (χ2n) is 6.72. The number of nitrogen functional groups attached to an aromatic ring is 1. The molecule has 138 valence electrons. The standard InChI is InChI=1S/C18H21ClN4O3/c19-13-3-1-2-12(10-13)18(11-21-17(25)26)8-6-14(7-9-18)23-16(24)5-4-15(20)22-23/h1-5,10,14,21H,6-9,11H2,(H2,20,22)(H,25,26). The first-order valence-electron chi connectivity index (χ1n) is 8.48. The molecule has 1 aromatic carbocycles. The van der Waals surface area contributed by atoms with Gasteiger partial charge < -0.3 is 16.2 Å². The number of hydrogen-bond donors (Lipinski definition) is 3. The van der Waals surface area contributed by atoms with E-state index in [1.807, 2.05) is 18.2 Å². The molecule has 0 radical (unpaired) electrons. The molecule has 0 aliphatic heterocycles. The van der Waals surface area contributed by atoms with Crippen molar-refractivity contribution in [1.82, 2.24) is 15.1 Å². The highest BCUT2D eigenvalue weighted by atomic mass is 35.5. The first-order valence-corrected chi connectivity index (χ1v) is 8.86. The van der Waals surface area contributed by atoms with Gasteiger partial charge in [0.1, 0.15) is 5.82 Å². The zero-order valence-corrected chi connectivity index (χ0v) is 14.9. The molecule has 0 atom stereocenters. The van der Waals surface area contributed by atoms with Crippen LogP contribution in [0.4, 0.5) is 10.6 Å². The molecule has 1 saturated carbocycles. The molecule has 3 rings (SSSR count). The van der Waals surface area contributed by atoms with Crippen LogP contribution in [-0.4, -0.2) is 27.5 Å². The summed E-state index contributed by atoms with van der Waals surface area (Å²) in [6.45, 7) is 0.300. The van der Waals surface area contributed by atoms with Crippen LogP contribution < -0.4 is 16.6 Å². The zero-order valence-electron chi connectivity index (χ0n) is 14.2. The Balaban J connectivity index is 1.86. The fourth-order valence-electron chi connectivity index (χ4n) is 3.73. The number of hydrogen-bond acceptors (Lipinski definition) is 4. The molecule has 8 heteroatoms. The fourth-order valence-corrected chi connectivity index (χ4v) is 3.92. The normalized spacial score (nSPS) is 22.7. The van der Waals surface area contributed by atoms with Crippen LogP contribution in [0.3, 0.4) is 0 Å². The molecule has 2 aromatic rings. The molecule has 1 fully saturated rings. The van der Waals surface area contributed by atoms with Crippen LogP contribution in [0.5, 0.6) is 0 Å². The number of nitrogens with zero attached hydrogens (tertiary/aromatic N) is 2. The topological polar surface area (TPSA) is 110 Å². The van der Waals surface area contributed by atoms with Gasteiger partial charge in [-0.3, -0.25) is 4.79 Å². The smallest absolute Gasteiger partial charge is 0.404 e. The number of nitrogens with one attached hydrogen (secondary N) is 1. The van der Waals surface area contributed by atoms with Gasteiger partial charge in [-0.05, 0) is 49.4 Å². The number of amides is 1. The van der Waals surface area contributed by atoms with Crippen molar-refractivity contribution in [3.05, 3.63) is 57.3 Å². The maximum absolute atomic E-state index is 12.1. The quantitative estimate of drug-likeness (QED) is 0.759. The summed E-state index contributed by atoms with van der Waals surface area (Å²) in [5.41, 5.74) is 6.19. The van der Waals surface area contributed by atoms with Crippen LogP contribution in [0, 0.1) is 0 Å². The average molecular weight is 377 g/mol. The van der Waals surface area contributed by atoms with Crippen molar-refractivity contribution in [3.8, 4) is 0 Å². The number of benzene rings is 1. The number of carbonyl (C=O) groups is 1. The van der Waals surface area contributed by atoms with E-state index in [2.05, 4.69) is 10.4 Å². The van der Waals surface area contributed by atoms with E-state index < -0.39 is 6.09 Å². The van der Waals surface area contributed by atoms with Gasteiger partial charge in [-0.1, -0.05) is 23.7 Å². The third kappa shape index (κ3) is 3.83. The number of halogens is 1. The number of anilines is 1. The summed E-state index contributed by atoms with van der Waals surface area (Å²) in [6, 6.07) is 10.4. The average Bonchev–Trinajstić information content (AvgIpc) is 2.62. The van der Waals surface area contributed by atoms with Gasteiger partial charge in [0.2, 0.25) is 0 Å². The third-order valence-corrected chi connectivity index (χ3v) is 5.35. The second-order valence-corrected chi connectivity index (χ2v) is 7.16. The largest absolute Gasteiger partial charge is 0.465 e. The Hall–Kier alpha value is -2.54. The van der Waals surface area contributed by atoms with Crippen molar-refractivity contribution >= 4 is 23.5 Å². The summed E-state index contributed by atoms with van der Waals surface area (Å²) < 4.78 is 1.45. The van der Waals surface area contributed by atoms with Crippen molar-refractivity contribution in [3.63, 3.8) is 0 Å². The molecular formula is C18H21ClN4O3. The highest BCUT2D eigenvalue weighted by molar-refractivity contribution is 6.30. The van der Waals surface area contributed by atoms with Gasteiger partial charge in [-0.2, -0.15) is 5.10 Å². The van der Waals surface area contributed by atoms with Gasteiger partial charge in [-0.15, -0.1) is 0 Å². The lowest BCUT2D eigenvalue weighted by atomic mass is 9.68. The van der Waals surface area contributed by atoms with Gasteiger partial charge in [0.15, 0.2) is 0 Å². The Morgan fingerprint density at radius 2 is 2.08 bits per heavy atom. The minimum Gasteiger partial charge on any atom is -0.465 e. The minimum absolute atomic E-state index is 0.0527. The molecule has 1 aliphatic carbocycles. The van der Waals surface area contributed by atoms with Crippen molar-refractivity contribution in [2.45, 2.75) is 37.1 Å². The number of rotatable bonds is 4. The van der Waals surface area contributed by atoms with E-state index in [-0.39, 0.29) is 17.0 Å². The van der Waals surface area contributed by atoms with Crippen molar-refractivity contribution < 1.29 is 9.90 Å². The summed E-state index contributed by atoms with van der Waals surface area (Å²) >= 11 is 6.15. The molecule has 0 unspecified atom stereocenters. The highest BCUT2D eigenvalue weighted by Crippen LogP contribution is 2.43. The van der Waals surface area contributed by atoms with Crippen LogP contribution in [0.25, 0.3) is 0 Å². The summed E-state index contributed by atoms with van der Waals surface area (Å²) in [5, 5.41) is 16.3. The molecule has 7 nitrogen and oxygen atoms in total. The van der Waals surface area contributed by atoms with Crippen LogP contribution in [0.15, 0.2) is 41.2 Å². The monoisotopic (exact) mass is 376 g/mol. The van der Waals surface area contributed by atoms with Crippen LogP contribution in [0.1, 0.15) is 37.3 Å². The van der Waals surface area contributed by atoms with E-state index in [0.717, 1.165) is 5.56 Å². The van der Waals surface area contributed by atoms with E-state index in [0.29, 0.717) is 43.1 Å². The van der Waals surface area contributed by atoms with Crippen molar-refractivity contribution in [1.29, 1.82) is 0 Å². The van der Waals surface area contributed by atoms with Crippen molar-refractivity contribution in [2.24, 2.45) is 0 Å². The maximum Gasteiger partial charge on any atom is 0.404 e. The molecule has 1 heterocycles. The van der Waals surface area contributed by atoms with E-state index in [4.69, 9.17) is 22.4 Å². The predicted molar refractivity (Wildman–Crippen MR) is 99.6 cm³/mol. The van der Waals surface area contributed by atoms with Crippen LogP contribution in [-0.2, 0) is 5.41 Å². The molecule has 0 saturated heterocycles. The Labute approximate surface area is 155 Å². The lowest BCUT2D eigenvalue weighted by Crippen LogP contribution is -2.44. The Bertz CT molecular complexity index is 860. The lowest BCUT2D eigenvalue weighted by Gasteiger charge is -2.40. The van der Waals surface area contributed by atoms with Gasteiger partial charge >= 0.3 is 6.09 Å². The second kappa shape index (κ2) is 7.37. The first-order chi connectivity index (χ1) is 12.4. The zero-order chi connectivity index (χ0) is 18.7. The molecule has 4 N–H and O–H groups in total. The number of nitrogens with two attached hydrogens (primary N) is 1. The third-order valence-electron chi connectivity index (χ3n) is 5.12. The molecule has 0 spiro atoms.